The number of carboxylic acids is 1. The Morgan fingerprint density at radius 1 is 1.33 bits per heavy atom. The van der Waals surface area contributed by atoms with Crippen molar-refractivity contribution >= 4 is 35.5 Å². The maximum atomic E-state index is 10.9. The van der Waals surface area contributed by atoms with Gasteiger partial charge in [0.1, 0.15) is 11.4 Å². The van der Waals surface area contributed by atoms with Gasteiger partial charge in [0.2, 0.25) is 5.88 Å². The average Bonchev–Trinajstić information content (AvgIpc) is 2.78. The van der Waals surface area contributed by atoms with E-state index in [9.17, 15) is 9.59 Å². The third-order valence-electron chi connectivity index (χ3n) is 3.21. The number of halogens is 2. The average molecular weight is 373 g/mol. The second kappa shape index (κ2) is 7.11. The van der Waals surface area contributed by atoms with Gasteiger partial charge in [-0.3, -0.25) is 4.79 Å². The smallest absolute Gasteiger partial charge is 0.344 e. The van der Waals surface area contributed by atoms with E-state index >= 15 is 0 Å². The van der Waals surface area contributed by atoms with Gasteiger partial charge in [0.15, 0.2) is 18.1 Å². The summed E-state index contributed by atoms with van der Waals surface area (Å²) in [6.45, 7) is 3.05. The number of aldehydes is 1. The number of aryl methyl sites for hydroxylation is 1. The first-order valence-corrected chi connectivity index (χ1v) is 7.55. The largest absolute Gasteiger partial charge is 0.479 e. The Kier molecular flexibility index (Phi) is 5.36. The number of carboxylic acid groups (broad SMARTS) is 1. The van der Waals surface area contributed by atoms with Crippen LogP contribution in [0.15, 0.2) is 12.1 Å². The van der Waals surface area contributed by atoms with Crippen molar-refractivity contribution in [2.45, 2.75) is 20.0 Å². The molecule has 0 unspecified atom stereocenters. The van der Waals surface area contributed by atoms with Crippen molar-refractivity contribution in [3.05, 3.63) is 33.4 Å². The number of rotatable bonds is 6. The molecule has 1 aromatic carbocycles. The maximum absolute atomic E-state index is 10.9. The van der Waals surface area contributed by atoms with Gasteiger partial charge in [-0.05, 0) is 19.9 Å². The van der Waals surface area contributed by atoms with Crippen molar-refractivity contribution in [1.82, 2.24) is 9.78 Å². The Morgan fingerprint density at radius 2 is 1.96 bits per heavy atom. The lowest BCUT2D eigenvalue weighted by atomic mass is 10.3. The lowest BCUT2D eigenvalue weighted by Gasteiger charge is -2.15. The molecule has 2 aromatic rings. The molecule has 0 aliphatic carbocycles. The van der Waals surface area contributed by atoms with Crippen LogP contribution in [0.1, 0.15) is 23.0 Å². The second-order valence-electron chi connectivity index (χ2n) is 4.97. The fourth-order valence-corrected chi connectivity index (χ4v) is 2.38. The first kappa shape index (κ1) is 18.1. The van der Waals surface area contributed by atoms with E-state index in [1.165, 1.54) is 23.7 Å². The van der Waals surface area contributed by atoms with Crippen LogP contribution in [0.2, 0.25) is 10.0 Å². The molecule has 128 valence electrons. The molecule has 7 nitrogen and oxygen atoms in total. The number of hydrogen-bond donors (Lipinski definition) is 1. The van der Waals surface area contributed by atoms with E-state index in [4.69, 9.17) is 37.8 Å². The molecule has 1 heterocycles. The Hall–Kier alpha value is -2.25. The zero-order valence-corrected chi connectivity index (χ0v) is 14.6. The highest BCUT2D eigenvalue weighted by Gasteiger charge is 2.19. The van der Waals surface area contributed by atoms with Gasteiger partial charge in [-0.1, -0.05) is 23.2 Å². The zero-order valence-electron chi connectivity index (χ0n) is 13.0. The molecule has 1 atom stereocenters. The van der Waals surface area contributed by atoms with Gasteiger partial charge in [0, 0.05) is 18.7 Å². The second-order valence-corrected chi connectivity index (χ2v) is 5.78. The monoisotopic (exact) mass is 372 g/mol. The van der Waals surface area contributed by atoms with Gasteiger partial charge in [-0.15, -0.1) is 0 Å². The molecule has 1 aromatic heterocycles. The molecule has 9 heteroatoms. The van der Waals surface area contributed by atoms with Gasteiger partial charge in [-0.2, -0.15) is 5.10 Å². The number of carbonyl (C=O) groups excluding carboxylic acids is 1. The first-order chi connectivity index (χ1) is 11.2. The van der Waals surface area contributed by atoms with E-state index in [1.807, 2.05) is 0 Å². The number of carbonyl (C=O) groups is 2. The van der Waals surface area contributed by atoms with Crippen molar-refractivity contribution in [3.63, 3.8) is 0 Å². The van der Waals surface area contributed by atoms with E-state index in [0.29, 0.717) is 17.7 Å². The summed E-state index contributed by atoms with van der Waals surface area (Å²) in [6.07, 6.45) is -0.481. The maximum Gasteiger partial charge on any atom is 0.344 e. The number of hydrogen-bond acceptors (Lipinski definition) is 5. The molecular formula is C15H14Cl2N2O5. The van der Waals surface area contributed by atoms with Crippen LogP contribution >= 0.6 is 23.2 Å². The van der Waals surface area contributed by atoms with Crippen molar-refractivity contribution in [2.24, 2.45) is 7.05 Å². The normalized spacial score (nSPS) is 11.9. The summed E-state index contributed by atoms with van der Waals surface area (Å²) in [5, 5.41) is 13.3. The highest BCUT2D eigenvalue weighted by atomic mass is 35.5. The Bertz CT molecular complexity index is 804. The summed E-state index contributed by atoms with van der Waals surface area (Å²) < 4.78 is 12.4. The molecule has 0 fully saturated rings. The molecule has 0 bridgehead atoms. The number of benzene rings is 1. The fourth-order valence-electron chi connectivity index (χ4n) is 1.91. The van der Waals surface area contributed by atoms with Crippen molar-refractivity contribution in [3.8, 4) is 17.4 Å². The van der Waals surface area contributed by atoms with Gasteiger partial charge < -0.3 is 14.6 Å². The summed E-state index contributed by atoms with van der Waals surface area (Å²) in [6, 6.07) is 2.77. The molecule has 0 saturated heterocycles. The van der Waals surface area contributed by atoms with Crippen molar-refractivity contribution in [1.29, 1.82) is 0 Å². The van der Waals surface area contributed by atoms with Crippen LogP contribution in [-0.2, 0) is 11.8 Å². The minimum Gasteiger partial charge on any atom is -0.479 e. The molecule has 0 spiro atoms. The highest BCUT2D eigenvalue weighted by molar-refractivity contribution is 6.36. The third-order valence-corrected chi connectivity index (χ3v) is 3.80. The van der Waals surface area contributed by atoms with E-state index in [0.717, 1.165) is 0 Å². The highest BCUT2D eigenvalue weighted by Crippen LogP contribution is 2.39. The molecule has 2 rings (SSSR count). The molecule has 24 heavy (non-hydrogen) atoms. The molecule has 0 aliphatic heterocycles. The summed E-state index contributed by atoms with van der Waals surface area (Å²) in [5.74, 6) is -0.515. The van der Waals surface area contributed by atoms with Crippen LogP contribution in [0.25, 0.3) is 0 Å². The molecule has 0 radical (unpaired) electrons. The molecule has 1 N–H and O–H groups in total. The summed E-state index contributed by atoms with van der Waals surface area (Å²) in [5.41, 5.74) is 0.786. The number of aliphatic carboxylic acids is 1. The van der Waals surface area contributed by atoms with E-state index < -0.39 is 12.1 Å². The standard InChI is InChI=1S/C15H14Cl2N2O5/c1-7-11(6-20)18-19(3)14(7)24-13-5-12(9(16)4-10(13)17)23-8(2)15(21)22/h4-6,8H,1-3H3,(H,21,22)/t8-/m0/s1. The lowest BCUT2D eigenvalue weighted by molar-refractivity contribution is -0.144. The third kappa shape index (κ3) is 3.63. The van der Waals surface area contributed by atoms with E-state index in [-0.39, 0.29) is 27.2 Å². The van der Waals surface area contributed by atoms with Crippen LogP contribution in [0, 0.1) is 6.92 Å². The predicted molar refractivity (Wildman–Crippen MR) is 87.6 cm³/mol. The van der Waals surface area contributed by atoms with Crippen LogP contribution in [0.5, 0.6) is 17.4 Å². The summed E-state index contributed by atoms with van der Waals surface area (Å²) in [4.78, 5) is 21.9. The van der Waals surface area contributed by atoms with Gasteiger partial charge in [0.25, 0.3) is 0 Å². The number of aromatic nitrogens is 2. The molecule has 0 aliphatic rings. The minimum absolute atomic E-state index is 0.112. The molecular weight excluding hydrogens is 359 g/mol. The Morgan fingerprint density at radius 3 is 2.50 bits per heavy atom. The van der Waals surface area contributed by atoms with Crippen LogP contribution in [0.4, 0.5) is 0 Å². The number of nitrogens with zero attached hydrogens (tertiary/aromatic N) is 2. The van der Waals surface area contributed by atoms with E-state index in [2.05, 4.69) is 5.10 Å². The van der Waals surface area contributed by atoms with Crippen LogP contribution in [0.3, 0.4) is 0 Å². The van der Waals surface area contributed by atoms with Crippen molar-refractivity contribution in [2.75, 3.05) is 0 Å². The van der Waals surface area contributed by atoms with E-state index in [1.54, 1.807) is 14.0 Å². The summed E-state index contributed by atoms with van der Waals surface area (Å²) in [7, 11) is 1.61. The van der Waals surface area contributed by atoms with Crippen molar-refractivity contribution < 1.29 is 24.2 Å². The summed E-state index contributed by atoms with van der Waals surface area (Å²) >= 11 is 12.1. The first-order valence-electron chi connectivity index (χ1n) is 6.79. The fraction of sp³-hybridized carbons (Fsp3) is 0.267. The number of ether oxygens (including phenoxy) is 2. The zero-order chi connectivity index (χ0) is 18.0. The predicted octanol–water partition coefficient (Wildman–Crippen LogP) is 3.49. The van der Waals surface area contributed by atoms with Gasteiger partial charge in [0.05, 0.1) is 10.0 Å². The van der Waals surface area contributed by atoms with Crippen LogP contribution < -0.4 is 9.47 Å². The SMILES string of the molecule is Cc1c(C=O)nn(C)c1Oc1cc(O[C@@H](C)C(=O)O)c(Cl)cc1Cl. The quantitative estimate of drug-likeness (QED) is 0.780. The topological polar surface area (TPSA) is 90.7 Å². The van der Waals surface area contributed by atoms with Gasteiger partial charge in [-0.25, -0.2) is 9.48 Å². The Labute approximate surface area is 147 Å². The lowest BCUT2D eigenvalue weighted by Crippen LogP contribution is -2.23. The Balaban J connectivity index is 2.39. The molecule has 0 amide bonds. The minimum atomic E-state index is -1.14. The molecule has 0 saturated carbocycles. The van der Waals surface area contributed by atoms with Gasteiger partial charge >= 0.3 is 5.97 Å². The van der Waals surface area contributed by atoms with Crippen LogP contribution in [-0.4, -0.2) is 33.2 Å².